The maximum atomic E-state index is 12.2. The van der Waals surface area contributed by atoms with Gasteiger partial charge in [0.2, 0.25) is 17.7 Å². The lowest BCUT2D eigenvalue weighted by Crippen LogP contribution is -2.24. The first-order chi connectivity index (χ1) is 14.5. The molecule has 0 bridgehead atoms. The van der Waals surface area contributed by atoms with Crippen LogP contribution < -0.4 is 5.32 Å². The number of benzene rings is 2. The molecule has 0 saturated heterocycles. The van der Waals surface area contributed by atoms with Crippen LogP contribution in [-0.4, -0.2) is 32.2 Å². The zero-order valence-corrected chi connectivity index (χ0v) is 16.9. The second kappa shape index (κ2) is 8.42. The van der Waals surface area contributed by atoms with Crippen LogP contribution in [0.1, 0.15) is 38.3 Å². The predicted octanol–water partition coefficient (Wildman–Crippen LogP) is 3.14. The first kappa shape index (κ1) is 19.7. The summed E-state index contributed by atoms with van der Waals surface area (Å²) in [5.41, 5.74) is 2.97. The molecule has 0 saturated carbocycles. The molecular weight excluding hydrogens is 404 g/mol. The second-order valence-corrected chi connectivity index (χ2v) is 7.92. The summed E-state index contributed by atoms with van der Waals surface area (Å²) < 4.78 is 6.69. The number of thiazole rings is 1. The quantitative estimate of drug-likeness (QED) is 0.470. The number of aromatic nitrogens is 3. The van der Waals surface area contributed by atoms with Crippen molar-refractivity contribution in [2.75, 3.05) is 0 Å². The van der Waals surface area contributed by atoms with Crippen LogP contribution in [0.5, 0.6) is 0 Å². The van der Waals surface area contributed by atoms with E-state index in [2.05, 4.69) is 20.5 Å². The molecule has 4 rings (SSSR count). The highest BCUT2D eigenvalue weighted by molar-refractivity contribution is 7.18. The van der Waals surface area contributed by atoms with Gasteiger partial charge in [-0.1, -0.05) is 18.2 Å². The van der Waals surface area contributed by atoms with Gasteiger partial charge in [-0.3, -0.25) is 4.79 Å². The molecule has 2 aromatic heterocycles. The normalized spacial score (nSPS) is 11.0. The third-order valence-electron chi connectivity index (χ3n) is 4.37. The van der Waals surface area contributed by atoms with E-state index < -0.39 is 5.97 Å². The lowest BCUT2D eigenvalue weighted by atomic mass is 10.1. The molecule has 152 valence electrons. The van der Waals surface area contributed by atoms with Gasteiger partial charge in [0.1, 0.15) is 11.4 Å². The Morgan fingerprint density at radius 2 is 1.97 bits per heavy atom. The number of carboxylic acid groups (broad SMARTS) is 1. The fourth-order valence-corrected chi connectivity index (χ4v) is 3.87. The molecule has 30 heavy (non-hydrogen) atoms. The minimum atomic E-state index is -1.01. The topological polar surface area (TPSA) is 118 Å². The first-order valence-corrected chi connectivity index (χ1v) is 10.0. The molecule has 0 fully saturated rings. The van der Waals surface area contributed by atoms with Gasteiger partial charge >= 0.3 is 5.97 Å². The van der Waals surface area contributed by atoms with Crippen LogP contribution in [0.25, 0.3) is 10.2 Å². The Balaban J connectivity index is 1.34. The smallest absolute Gasteiger partial charge is 0.335 e. The Labute approximate surface area is 175 Å². The van der Waals surface area contributed by atoms with Gasteiger partial charge in [-0.05, 0) is 42.3 Å². The SMILES string of the molecule is Cc1ccc2sc(Cc3nnc(CC(=O)NCc4cccc(C(=O)O)c4)o3)nc2c1. The maximum absolute atomic E-state index is 12.2. The average Bonchev–Trinajstić information content (AvgIpc) is 3.32. The molecule has 1 amide bonds. The maximum Gasteiger partial charge on any atom is 0.335 e. The lowest BCUT2D eigenvalue weighted by Gasteiger charge is -2.04. The molecule has 0 aliphatic rings. The fourth-order valence-electron chi connectivity index (χ4n) is 2.94. The average molecular weight is 422 g/mol. The summed E-state index contributed by atoms with van der Waals surface area (Å²) in [6.45, 7) is 2.24. The van der Waals surface area contributed by atoms with E-state index in [1.54, 1.807) is 23.5 Å². The summed E-state index contributed by atoms with van der Waals surface area (Å²) in [5.74, 6) is -0.673. The summed E-state index contributed by atoms with van der Waals surface area (Å²) in [7, 11) is 0. The van der Waals surface area contributed by atoms with E-state index in [4.69, 9.17) is 9.52 Å². The molecule has 0 spiro atoms. The monoisotopic (exact) mass is 422 g/mol. The number of carbonyl (C=O) groups is 2. The number of carboxylic acids is 1. The number of aryl methyl sites for hydroxylation is 1. The Hall–Kier alpha value is -3.59. The highest BCUT2D eigenvalue weighted by Gasteiger charge is 2.14. The van der Waals surface area contributed by atoms with Gasteiger partial charge in [-0.2, -0.15) is 0 Å². The van der Waals surface area contributed by atoms with Crippen LogP contribution in [0, 0.1) is 6.92 Å². The van der Waals surface area contributed by atoms with Crippen molar-refractivity contribution in [2.45, 2.75) is 26.3 Å². The van der Waals surface area contributed by atoms with Crippen LogP contribution in [-0.2, 0) is 24.2 Å². The highest BCUT2D eigenvalue weighted by Crippen LogP contribution is 2.24. The van der Waals surface area contributed by atoms with Crippen molar-refractivity contribution in [3.05, 3.63) is 75.9 Å². The lowest BCUT2D eigenvalue weighted by molar-refractivity contribution is -0.120. The number of rotatable bonds is 7. The number of nitrogens with zero attached hydrogens (tertiary/aromatic N) is 3. The third-order valence-corrected chi connectivity index (χ3v) is 5.41. The number of hydrogen-bond donors (Lipinski definition) is 2. The number of carbonyl (C=O) groups excluding carboxylic acids is 1. The van der Waals surface area contributed by atoms with E-state index >= 15 is 0 Å². The van der Waals surface area contributed by atoms with Gasteiger partial charge in [-0.15, -0.1) is 21.5 Å². The minimum Gasteiger partial charge on any atom is -0.478 e. The zero-order chi connectivity index (χ0) is 21.1. The summed E-state index contributed by atoms with van der Waals surface area (Å²) in [4.78, 5) is 27.8. The molecule has 4 aromatic rings. The minimum absolute atomic E-state index is 0.0509. The van der Waals surface area contributed by atoms with E-state index in [9.17, 15) is 9.59 Å². The molecule has 9 heteroatoms. The largest absolute Gasteiger partial charge is 0.478 e. The second-order valence-electron chi connectivity index (χ2n) is 6.80. The summed E-state index contributed by atoms with van der Waals surface area (Å²) in [6, 6.07) is 12.5. The highest BCUT2D eigenvalue weighted by atomic mass is 32.1. The number of aromatic carboxylic acids is 1. The van der Waals surface area contributed by atoms with E-state index in [0.717, 1.165) is 20.8 Å². The van der Waals surface area contributed by atoms with Gasteiger partial charge in [0.25, 0.3) is 0 Å². The van der Waals surface area contributed by atoms with Crippen LogP contribution in [0.4, 0.5) is 0 Å². The fraction of sp³-hybridized carbons (Fsp3) is 0.190. The summed E-state index contributed by atoms with van der Waals surface area (Å²) >= 11 is 1.57. The van der Waals surface area contributed by atoms with E-state index in [0.29, 0.717) is 17.9 Å². The van der Waals surface area contributed by atoms with Crippen LogP contribution in [0.2, 0.25) is 0 Å². The summed E-state index contributed by atoms with van der Waals surface area (Å²) in [6.07, 6.45) is 0.361. The predicted molar refractivity (Wildman–Crippen MR) is 110 cm³/mol. The molecule has 0 atom stereocenters. The Bertz CT molecular complexity index is 1230. The van der Waals surface area contributed by atoms with Crippen molar-refractivity contribution < 1.29 is 19.1 Å². The number of amides is 1. The molecule has 0 unspecified atom stereocenters. The number of nitrogens with one attached hydrogen (secondary N) is 1. The zero-order valence-electron chi connectivity index (χ0n) is 16.1. The van der Waals surface area contributed by atoms with Crippen LogP contribution in [0.15, 0.2) is 46.9 Å². The number of fused-ring (bicyclic) bond motifs is 1. The molecule has 8 nitrogen and oxygen atoms in total. The van der Waals surface area contributed by atoms with Crippen LogP contribution in [0.3, 0.4) is 0 Å². The first-order valence-electron chi connectivity index (χ1n) is 9.22. The van der Waals surface area contributed by atoms with Gasteiger partial charge in [-0.25, -0.2) is 9.78 Å². The third kappa shape index (κ3) is 4.69. The molecule has 0 aliphatic carbocycles. The van der Waals surface area contributed by atoms with E-state index in [-0.39, 0.29) is 30.3 Å². The molecule has 0 aliphatic heterocycles. The molecular formula is C21H18N4O4S. The van der Waals surface area contributed by atoms with Crippen molar-refractivity contribution >= 4 is 33.4 Å². The van der Waals surface area contributed by atoms with Gasteiger partial charge < -0.3 is 14.8 Å². The summed E-state index contributed by atoms with van der Waals surface area (Å²) in [5, 5.41) is 20.6. The van der Waals surface area contributed by atoms with E-state index in [1.165, 1.54) is 12.1 Å². The van der Waals surface area contributed by atoms with Crippen molar-refractivity contribution in [1.82, 2.24) is 20.5 Å². The van der Waals surface area contributed by atoms with E-state index in [1.807, 2.05) is 25.1 Å². The molecule has 0 radical (unpaired) electrons. The molecule has 2 N–H and O–H groups in total. The standard InChI is InChI=1S/C21H18N4O4S/c1-12-5-6-16-15(7-12)23-20(30-16)10-19-25-24-18(29-19)9-17(26)22-11-13-3-2-4-14(8-13)21(27)28/h2-8H,9-11H2,1H3,(H,22,26)(H,27,28). The van der Waals surface area contributed by atoms with Crippen LogP contribution >= 0.6 is 11.3 Å². The van der Waals surface area contributed by atoms with Crippen molar-refractivity contribution in [2.24, 2.45) is 0 Å². The Morgan fingerprint density at radius 1 is 1.13 bits per heavy atom. The molecule has 2 heterocycles. The molecule has 2 aromatic carbocycles. The Morgan fingerprint density at radius 3 is 2.80 bits per heavy atom. The van der Waals surface area contributed by atoms with Gasteiger partial charge in [0, 0.05) is 6.54 Å². The number of hydrogen-bond acceptors (Lipinski definition) is 7. The van der Waals surface area contributed by atoms with Gasteiger partial charge in [0.15, 0.2) is 0 Å². The van der Waals surface area contributed by atoms with Crippen molar-refractivity contribution in [1.29, 1.82) is 0 Å². The van der Waals surface area contributed by atoms with Gasteiger partial charge in [0.05, 0.1) is 22.2 Å². The van der Waals surface area contributed by atoms with Crippen molar-refractivity contribution in [3.8, 4) is 0 Å². The Kier molecular flexibility index (Phi) is 5.53. The van der Waals surface area contributed by atoms with Crippen molar-refractivity contribution in [3.63, 3.8) is 0 Å².